The lowest BCUT2D eigenvalue weighted by molar-refractivity contribution is -0.138. The molecule has 94 heavy (non-hydrogen) atoms. The first-order chi connectivity index (χ1) is 43.6. The van der Waals surface area contributed by atoms with E-state index in [4.69, 9.17) is 0 Å². The molecule has 0 spiro atoms. The Hall–Kier alpha value is -10.5. The third-order valence-electron chi connectivity index (χ3n) is 16.2. The van der Waals surface area contributed by atoms with Gasteiger partial charge in [-0.1, -0.05) is 0 Å². The molecule has 0 aliphatic rings. The molecule has 4 aromatic heterocycles. The van der Waals surface area contributed by atoms with Gasteiger partial charge in [-0.15, -0.1) is 0 Å². The van der Waals surface area contributed by atoms with Crippen LogP contribution < -0.4 is 0 Å². The van der Waals surface area contributed by atoms with Crippen LogP contribution >= 0.6 is 0 Å². The average Bonchev–Trinajstić information content (AvgIpc) is 1.47. The van der Waals surface area contributed by atoms with Crippen LogP contribution in [0.1, 0.15) is 55.6 Å². The van der Waals surface area contributed by atoms with Crippen LogP contribution in [0.25, 0.3) is 110 Å². The van der Waals surface area contributed by atoms with Crippen molar-refractivity contribution in [2.24, 2.45) is 0 Å². The maximum absolute atomic E-state index is 14.8. The Kier molecular flexibility index (Phi) is 13.3. The van der Waals surface area contributed by atoms with Crippen LogP contribution in [-0.2, 0) is 49.4 Å². The minimum atomic E-state index is -5.32. The fourth-order valence-electron chi connectivity index (χ4n) is 12.2. The summed E-state index contributed by atoms with van der Waals surface area (Å²) in [5.74, 6) is 0. The van der Waals surface area contributed by atoms with E-state index in [1.54, 1.807) is 0 Å². The third-order valence-corrected chi connectivity index (χ3v) is 16.2. The Bertz CT molecular complexity index is 4570. The van der Waals surface area contributed by atoms with Crippen molar-refractivity contribution in [1.29, 1.82) is 10.5 Å². The molecule has 0 bridgehead atoms. The van der Waals surface area contributed by atoms with Crippen LogP contribution in [0.4, 0.5) is 105 Å². The highest BCUT2D eigenvalue weighted by Crippen LogP contribution is 2.52. The van der Waals surface area contributed by atoms with E-state index >= 15 is 0 Å². The minimum absolute atomic E-state index is 0.338. The number of hydrogen-bond donors (Lipinski definition) is 0. The number of hydrogen-bond acceptors (Lipinski definition) is 2. The second kappa shape index (κ2) is 20.0. The molecule has 0 amide bonds. The van der Waals surface area contributed by atoms with Crippen molar-refractivity contribution in [3.8, 4) is 34.9 Å². The van der Waals surface area contributed by atoms with Crippen LogP contribution in [0.2, 0.25) is 0 Å². The highest BCUT2D eigenvalue weighted by Gasteiger charge is 2.42. The van der Waals surface area contributed by atoms with Crippen molar-refractivity contribution in [2.75, 3.05) is 0 Å². The first kappa shape index (κ1) is 62.3. The second-order valence-corrected chi connectivity index (χ2v) is 21.5. The van der Waals surface area contributed by atoms with Crippen molar-refractivity contribution in [3.05, 3.63) is 201 Å². The van der Waals surface area contributed by atoms with Gasteiger partial charge in [0, 0.05) is 43.1 Å². The van der Waals surface area contributed by atoms with Gasteiger partial charge in [0.25, 0.3) is 0 Å². The molecule has 30 heteroatoms. The van der Waals surface area contributed by atoms with Gasteiger partial charge in [-0.05, 0) is 146 Å². The lowest BCUT2D eigenvalue weighted by Crippen LogP contribution is -2.17. The summed E-state index contributed by atoms with van der Waals surface area (Å²) in [5.41, 5.74) is -24.2. The van der Waals surface area contributed by atoms with Crippen molar-refractivity contribution in [2.45, 2.75) is 49.4 Å². The van der Waals surface area contributed by atoms with Crippen LogP contribution in [0, 0.1) is 22.7 Å². The highest BCUT2D eigenvalue weighted by atomic mass is 19.4. The molecule has 13 rings (SSSR count). The van der Waals surface area contributed by atoms with E-state index < -0.39 is 215 Å². The Morgan fingerprint density at radius 2 is 0.319 bits per heavy atom. The summed E-state index contributed by atoms with van der Waals surface area (Å²) in [5, 5.41) is 18.3. The van der Waals surface area contributed by atoms with Gasteiger partial charge < -0.3 is 18.3 Å². The van der Waals surface area contributed by atoms with E-state index in [2.05, 4.69) is 0 Å². The molecule has 9 aromatic carbocycles. The number of halogens is 24. The minimum Gasteiger partial charge on any atom is -0.306 e. The number of aromatic nitrogens is 4. The van der Waals surface area contributed by atoms with Crippen molar-refractivity contribution < 1.29 is 105 Å². The molecular formula is C64H24F24N6. The summed E-state index contributed by atoms with van der Waals surface area (Å²) in [4.78, 5) is 0. The Morgan fingerprint density at radius 3 is 0.415 bits per heavy atom. The zero-order valence-corrected chi connectivity index (χ0v) is 45.6. The number of fused-ring (bicyclic) bond motifs is 12. The lowest BCUT2D eigenvalue weighted by Gasteiger charge is -2.27. The first-order valence-corrected chi connectivity index (χ1v) is 26.6. The largest absolute Gasteiger partial charge is 0.416 e. The van der Waals surface area contributed by atoms with Gasteiger partial charge in [0.15, 0.2) is 0 Å². The summed E-state index contributed by atoms with van der Waals surface area (Å²) in [7, 11) is 0. The molecule has 0 aliphatic carbocycles. The Morgan fingerprint density at radius 1 is 0.202 bits per heavy atom. The number of benzene rings is 9. The highest BCUT2D eigenvalue weighted by molar-refractivity contribution is 6.16. The number of rotatable bonds is 4. The third kappa shape index (κ3) is 9.68. The molecule has 0 radical (unpaired) electrons. The number of alkyl halides is 24. The fourth-order valence-corrected chi connectivity index (χ4v) is 12.2. The molecular weight excluding hydrogens is 1310 g/mol. The lowest BCUT2D eigenvalue weighted by atomic mass is 9.98. The predicted molar refractivity (Wildman–Crippen MR) is 293 cm³/mol. The fraction of sp³-hybridized carbons (Fsp3) is 0.125. The summed E-state index contributed by atoms with van der Waals surface area (Å²) in [6, 6.07) is 14.4. The van der Waals surface area contributed by atoms with Gasteiger partial charge in [0.1, 0.15) is 23.3 Å². The number of nitriles is 2. The average molecular weight is 1330 g/mol. The Labute approximate surface area is 505 Å². The SMILES string of the molecule is N#Cc1c(-n2c3ccc(C(F)(F)F)cc3c3cc(C(F)(F)F)ccc32)c(-n2c3ccc(C(F)(F)F)cc3c3cc(C(F)(F)F)ccc32)c(C#N)c(-n2c3ccc(C(F)(F)F)cc3c3cc(C(F)(F)F)ccc32)c1-n1c2ccc(C(F)(F)F)cc2c2cc(C(F)(F)F)ccc21. The quantitative estimate of drug-likeness (QED) is 0.165. The summed E-state index contributed by atoms with van der Waals surface area (Å²) >= 11 is 0. The normalized spacial score (nSPS) is 13.5. The van der Waals surface area contributed by atoms with Gasteiger partial charge >= 0.3 is 49.4 Å². The van der Waals surface area contributed by atoms with Crippen molar-refractivity contribution in [1.82, 2.24) is 18.3 Å². The molecule has 0 saturated heterocycles. The van der Waals surface area contributed by atoms with Crippen LogP contribution in [0.3, 0.4) is 0 Å². The van der Waals surface area contributed by atoms with E-state index in [0.29, 0.717) is 146 Å². The molecule has 0 aliphatic heterocycles. The molecule has 0 fully saturated rings. The van der Waals surface area contributed by atoms with E-state index in [1.807, 2.05) is 12.1 Å². The van der Waals surface area contributed by atoms with Crippen LogP contribution in [-0.4, -0.2) is 18.3 Å². The molecule has 13 aromatic rings. The maximum atomic E-state index is 14.8. The molecule has 478 valence electrons. The monoisotopic (exact) mass is 1330 g/mol. The van der Waals surface area contributed by atoms with Gasteiger partial charge in [0.05, 0.1) is 111 Å². The summed E-state index contributed by atoms with van der Waals surface area (Å²) < 4.78 is 359. The van der Waals surface area contributed by atoms with E-state index in [-0.39, 0.29) is 0 Å². The Balaban J connectivity index is 1.39. The standard InChI is InChI=1S/C64H24F24N6/c65-57(66,67)27-1-9-45-35(17-27)36-18-28(58(68,69)70)2-10-46(36)91(45)53-43(25-89)55(93-49-13-5-31(61(77,78)79)21-39(49)40-22-32(62(80,81)82)6-14-50(40)93)56(94-51-15-7-33(63(83,84)85)23-41(51)42-24-34(64(86,87)88)8-16-52(42)94)44(26-90)54(53)92-47-11-3-29(59(71,72)73)19-37(47)38-20-30(60(74,75)76)4-12-48(38)92/h1-24H. The van der Waals surface area contributed by atoms with Crippen LogP contribution in [0.15, 0.2) is 146 Å². The summed E-state index contributed by atoms with van der Waals surface area (Å²) in [6.45, 7) is 0. The first-order valence-electron chi connectivity index (χ1n) is 26.6. The van der Waals surface area contributed by atoms with E-state index in [9.17, 15) is 116 Å². The maximum Gasteiger partial charge on any atom is 0.416 e. The topological polar surface area (TPSA) is 67.3 Å². The molecule has 0 unspecified atom stereocenters. The van der Waals surface area contributed by atoms with Crippen molar-refractivity contribution in [3.63, 3.8) is 0 Å². The van der Waals surface area contributed by atoms with Gasteiger partial charge in [-0.25, -0.2) is 0 Å². The van der Waals surface area contributed by atoms with E-state index in [1.165, 1.54) is 0 Å². The zero-order chi connectivity index (χ0) is 68.0. The van der Waals surface area contributed by atoms with E-state index in [0.717, 1.165) is 18.3 Å². The van der Waals surface area contributed by atoms with Gasteiger partial charge in [0.2, 0.25) is 0 Å². The predicted octanol–water partition coefficient (Wildman–Crippen LogP) is 22.0. The molecule has 6 nitrogen and oxygen atoms in total. The zero-order valence-electron chi connectivity index (χ0n) is 45.6. The molecule has 0 N–H and O–H groups in total. The number of nitrogens with zero attached hydrogens (tertiary/aromatic N) is 6. The smallest absolute Gasteiger partial charge is 0.306 e. The second-order valence-electron chi connectivity index (χ2n) is 21.5. The van der Waals surface area contributed by atoms with Gasteiger partial charge in [-0.3, -0.25) is 0 Å². The molecule has 0 atom stereocenters. The van der Waals surface area contributed by atoms with Crippen LogP contribution in [0.5, 0.6) is 0 Å². The molecule has 4 heterocycles. The van der Waals surface area contributed by atoms with Gasteiger partial charge in [-0.2, -0.15) is 116 Å². The summed E-state index contributed by atoms with van der Waals surface area (Å²) in [6.07, 6.45) is -42.5. The van der Waals surface area contributed by atoms with Crippen molar-refractivity contribution >= 4 is 87.2 Å². The molecule has 0 saturated carbocycles.